The van der Waals surface area contributed by atoms with Gasteiger partial charge in [-0.05, 0) is 41.5 Å². The molecule has 0 amide bonds. The van der Waals surface area contributed by atoms with Gasteiger partial charge in [-0.25, -0.2) is 9.78 Å². The van der Waals surface area contributed by atoms with Crippen molar-refractivity contribution in [3.05, 3.63) is 87.4 Å². The number of hydrogen-bond donors (Lipinski definition) is 0. The number of carbonyl (C=O) groups excluding carboxylic acids is 1. The average molecular weight is 375 g/mol. The minimum absolute atomic E-state index is 0.346. The summed E-state index contributed by atoms with van der Waals surface area (Å²) in [5.41, 5.74) is 2.52. The maximum absolute atomic E-state index is 11.7. The first kappa shape index (κ1) is 17.5. The van der Waals surface area contributed by atoms with E-state index in [1.54, 1.807) is 18.3 Å². The highest BCUT2D eigenvalue weighted by Gasteiger charge is 2.09. The smallest absolute Gasteiger partial charge is 0.337 e. The normalized spacial score (nSPS) is 10.7. The second-order valence-corrected chi connectivity index (χ2v) is 6.49. The van der Waals surface area contributed by atoms with Crippen LogP contribution in [0.4, 0.5) is 0 Å². The molecule has 0 unspecified atom stereocenters. The summed E-state index contributed by atoms with van der Waals surface area (Å²) in [6.45, 7) is 0.606. The largest absolute Gasteiger partial charge is 0.465 e. The molecule has 0 saturated carbocycles. The van der Waals surface area contributed by atoms with Gasteiger partial charge in [0, 0.05) is 35.4 Å². The zero-order chi connectivity index (χ0) is 17.8. The Kier molecular flexibility index (Phi) is 5.41. The van der Waals surface area contributed by atoms with Gasteiger partial charge in [0.2, 0.25) is 0 Å². The third-order valence-corrected chi connectivity index (χ3v) is 4.22. The van der Waals surface area contributed by atoms with E-state index in [-0.39, 0.29) is 5.97 Å². The molecule has 1 heterocycles. The summed E-state index contributed by atoms with van der Waals surface area (Å²) >= 11 is 12.1. The lowest BCUT2D eigenvalue weighted by atomic mass is 10.1. The van der Waals surface area contributed by atoms with E-state index < -0.39 is 0 Å². The van der Waals surface area contributed by atoms with Crippen molar-refractivity contribution in [2.45, 2.75) is 13.0 Å². The van der Waals surface area contributed by atoms with Crippen molar-refractivity contribution in [2.24, 2.45) is 0 Å². The Morgan fingerprint density at radius 1 is 1.12 bits per heavy atom. The minimum Gasteiger partial charge on any atom is -0.465 e. The molecule has 128 valence electrons. The van der Waals surface area contributed by atoms with Crippen molar-refractivity contribution in [2.75, 3.05) is 7.11 Å². The zero-order valence-electron chi connectivity index (χ0n) is 13.6. The fourth-order valence-corrected chi connectivity index (χ4v) is 3.23. The molecule has 2 aromatic carbocycles. The number of esters is 1. The van der Waals surface area contributed by atoms with Gasteiger partial charge >= 0.3 is 5.97 Å². The number of ether oxygens (including phenoxy) is 1. The topological polar surface area (TPSA) is 44.1 Å². The molecule has 4 nitrogen and oxygen atoms in total. The Balaban J connectivity index is 1.81. The predicted octanol–water partition coefficient (Wildman–Crippen LogP) is 4.62. The Morgan fingerprint density at radius 3 is 2.60 bits per heavy atom. The van der Waals surface area contributed by atoms with Crippen LogP contribution in [0.5, 0.6) is 0 Å². The van der Waals surface area contributed by atoms with E-state index in [1.807, 2.05) is 41.1 Å². The Bertz CT molecular complexity index is 886. The fourth-order valence-electron chi connectivity index (χ4n) is 2.66. The van der Waals surface area contributed by atoms with Gasteiger partial charge in [-0.15, -0.1) is 0 Å². The molecule has 3 rings (SSSR count). The highest BCUT2D eigenvalue weighted by molar-refractivity contribution is 6.34. The van der Waals surface area contributed by atoms with E-state index in [0.29, 0.717) is 28.6 Å². The summed E-state index contributed by atoms with van der Waals surface area (Å²) in [5, 5.41) is 1.21. The standard InChI is InChI=1S/C19H16Cl2N2O2/c1-25-19(24)15-4-2-3-13(7-15)12-23-6-5-22-18(23)10-14-8-16(20)11-17(21)9-14/h2-9,11H,10,12H2,1H3. The molecular weight excluding hydrogens is 359 g/mol. The van der Waals surface area contributed by atoms with Crippen molar-refractivity contribution in [1.82, 2.24) is 9.55 Å². The SMILES string of the molecule is COC(=O)c1cccc(Cn2ccnc2Cc2cc(Cl)cc(Cl)c2)c1. The van der Waals surface area contributed by atoms with Gasteiger partial charge in [-0.3, -0.25) is 0 Å². The highest BCUT2D eigenvalue weighted by atomic mass is 35.5. The van der Waals surface area contributed by atoms with E-state index in [0.717, 1.165) is 17.0 Å². The van der Waals surface area contributed by atoms with Gasteiger partial charge in [0.1, 0.15) is 5.82 Å². The molecule has 0 saturated heterocycles. The van der Waals surface area contributed by atoms with Gasteiger partial charge in [-0.2, -0.15) is 0 Å². The van der Waals surface area contributed by atoms with Crippen LogP contribution < -0.4 is 0 Å². The van der Waals surface area contributed by atoms with Crippen LogP contribution in [0.1, 0.15) is 27.3 Å². The number of imidazole rings is 1. The fraction of sp³-hybridized carbons (Fsp3) is 0.158. The summed E-state index contributed by atoms with van der Waals surface area (Å²) in [6.07, 6.45) is 4.28. The van der Waals surface area contributed by atoms with Crippen molar-refractivity contribution in [3.8, 4) is 0 Å². The van der Waals surface area contributed by atoms with Crippen molar-refractivity contribution in [1.29, 1.82) is 0 Å². The van der Waals surface area contributed by atoms with Gasteiger partial charge in [0.25, 0.3) is 0 Å². The molecule has 0 N–H and O–H groups in total. The van der Waals surface area contributed by atoms with Crippen LogP contribution in [0.25, 0.3) is 0 Å². The van der Waals surface area contributed by atoms with Gasteiger partial charge in [0.15, 0.2) is 0 Å². The van der Waals surface area contributed by atoms with Crippen LogP contribution in [0, 0.1) is 0 Å². The molecule has 6 heteroatoms. The Morgan fingerprint density at radius 2 is 1.88 bits per heavy atom. The molecule has 0 aliphatic rings. The van der Waals surface area contributed by atoms with Gasteiger partial charge < -0.3 is 9.30 Å². The molecule has 0 atom stereocenters. The number of halogens is 2. The van der Waals surface area contributed by atoms with Crippen LogP contribution in [0.15, 0.2) is 54.9 Å². The quantitative estimate of drug-likeness (QED) is 0.612. The van der Waals surface area contributed by atoms with Crippen LogP contribution in [0.2, 0.25) is 10.0 Å². The van der Waals surface area contributed by atoms with Crippen LogP contribution in [-0.4, -0.2) is 22.6 Å². The van der Waals surface area contributed by atoms with Crippen molar-refractivity contribution >= 4 is 29.2 Å². The lowest BCUT2D eigenvalue weighted by molar-refractivity contribution is 0.0600. The third kappa shape index (κ3) is 4.41. The van der Waals surface area contributed by atoms with Crippen LogP contribution in [0.3, 0.4) is 0 Å². The molecule has 0 spiro atoms. The molecule has 1 aromatic heterocycles. The summed E-state index contributed by atoms with van der Waals surface area (Å²) < 4.78 is 6.80. The first-order chi connectivity index (χ1) is 12.0. The number of benzene rings is 2. The van der Waals surface area contributed by atoms with E-state index in [9.17, 15) is 4.79 Å². The average Bonchev–Trinajstić information content (AvgIpc) is 3.00. The van der Waals surface area contributed by atoms with E-state index >= 15 is 0 Å². The second kappa shape index (κ2) is 7.72. The third-order valence-electron chi connectivity index (χ3n) is 3.79. The predicted molar refractivity (Wildman–Crippen MR) is 98.4 cm³/mol. The number of carbonyl (C=O) groups is 1. The molecule has 0 aliphatic heterocycles. The lowest BCUT2D eigenvalue weighted by Gasteiger charge is -2.10. The lowest BCUT2D eigenvalue weighted by Crippen LogP contribution is -2.07. The monoisotopic (exact) mass is 374 g/mol. The van der Waals surface area contributed by atoms with Gasteiger partial charge in [-0.1, -0.05) is 35.3 Å². The maximum Gasteiger partial charge on any atom is 0.337 e. The zero-order valence-corrected chi connectivity index (χ0v) is 15.1. The second-order valence-electron chi connectivity index (χ2n) is 5.62. The number of methoxy groups -OCH3 is 1. The Labute approximate surface area is 156 Å². The highest BCUT2D eigenvalue weighted by Crippen LogP contribution is 2.21. The first-order valence-corrected chi connectivity index (χ1v) is 8.43. The molecule has 25 heavy (non-hydrogen) atoms. The summed E-state index contributed by atoms with van der Waals surface area (Å²) in [4.78, 5) is 16.1. The summed E-state index contributed by atoms with van der Waals surface area (Å²) in [5.74, 6) is 0.545. The van der Waals surface area contributed by atoms with Crippen molar-refractivity contribution < 1.29 is 9.53 Å². The number of rotatable bonds is 5. The molecule has 0 radical (unpaired) electrons. The first-order valence-electron chi connectivity index (χ1n) is 7.67. The molecule has 3 aromatic rings. The minimum atomic E-state index is -0.346. The maximum atomic E-state index is 11.7. The van der Waals surface area contributed by atoms with Crippen LogP contribution in [-0.2, 0) is 17.7 Å². The molecule has 0 fully saturated rings. The van der Waals surface area contributed by atoms with Gasteiger partial charge in [0.05, 0.1) is 12.7 Å². The number of aromatic nitrogens is 2. The van der Waals surface area contributed by atoms with E-state index in [4.69, 9.17) is 27.9 Å². The van der Waals surface area contributed by atoms with Crippen LogP contribution >= 0.6 is 23.2 Å². The molecular formula is C19H16Cl2N2O2. The Hall–Kier alpha value is -2.30. The summed E-state index contributed by atoms with van der Waals surface area (Å²) in [7, 11) is 1.37. The number of nitrogens with zero attached hydrogens (tertiary/aromatic N) is 2. The summed E-state index contributed by atoms with van der Waals surface area (Å²) in [6, 6.07) is 12.8. The van der Waals surface area contributed by atoms with E-state index in [2.05, 4.69) is 4.98 Å². The molecule has 0 bridgehead atoms. The number of hydrogen-bond acceptors (Lipinski definition) is 3. The van der Waals surface area contributed by atoms with Crippen molar-refractivity contribution in [3.63, 3.8) is 0 Å². The van der Waals surface area contributed by atoms with E-state index in [1.165, 1.54) is 7.11 Å². The molecule has 0 aliphatic carbocycles.